The fraction of sp³-hybridized carbons (Fsp3) is 0.250. The summed E-state index contributed by atoms with van der Waals surface area (Å²) in [5, 5.41) is -0.0693. The van der Waals surface area contributed by atoms with Crippen LogP contribution in [0, 0.1) is 0 Å². The second-order valence-electron chi connectivity index (χ2n) is 2.69. The van der Waals surface area contributed by atoms with E-state index >= 15 is 0 Å². The molecule has 1 aromatic rings. The number of hydrogen-bond donors (Lipinski definition) is 0. The minimum atomic E-state index is -3.32. The molecule has 0 radical (unpaired) electrons. The van der Waals surface area contributed by atoms with Gasteiger partial charge in [0.05, 0.1) is 0 Å². The summed E-state index contributed by atoms with van der Waals surface area (Å²) in [6, 6.07) is 4.35. The zero-order chi connectivity index (χ0) is 10.1. The van der Waals surface area contributed by atoms with Gasteiger partial charge in [-0.25, -0.2) is 13.4 Å². The maximum atomic E-state index is 11.0. The van der Waals surface area contributed by atoms with Gasteiger partial charge in [0.25, 0.3) is 0 Å². The van der Waals surface area contributed by atoms with Crippen molar-refractivity contribution in [3.05, 3.63) is 23.9 Å². The number of Topliss-reactive ketones (excluding diaryl/α,β-unsaturated/α-hetero) is 1. The fourth-order valence-corrected chi connectivity index (χ4v) is 1.41. The lowest BCUT2D eigenvalue weighted by Gasteiger charge is -1.98. The molecule has 0 atom stereocenters. The fourth-order valence-electron chi connectivity index (χ4n) is 0.817. The molecule has 0 aromatic carbocycles. The summed E-state index contributed by atoms with van der Waals surface area (Å²) in [4.78, 5) is 14.6. The zero-order valence-corrected chi connectivity index (χ0v) is 8.13. The largest absolute Gasteiger partial charge is 0.293 e. The number of sulfone groups is 1. The van der Waals surface area contributed by atoms with Gasteiger partial charge in [-0.2, -0.15) is 0 Å². The molecule has 0 saturated carbocycles. The van der Waals surface area contributed by atoms with E-state index in [1.165, 1.54) is 25.1 Å². The number of aromatic nitrogens is 1. The van der Waals surface area contributed by atoms with E-state index in [0.717, 1.165) is 6.26 Å². The SMILES string of the molecule is CC(=O)c1cccc(S(C)(=O)=O)n1. The van der Waals surface area contributed by atoms with Crippen LogP contribution in [-0.2, 0) is 9.84 Å². The first-order chi connectivity index (χ1) is 5.91. The van der Waals surface area contributed by atoms with E-state index in [9.17, 15) is 13.2 Å². The molecule has 1 rings (SSSR count). The molecular formula is C8H9NO3S. The second kappa shape index (κ2) is 3.26. The summed E-state index contributed by atoms with van der Waals surface area (Å²) in [6.07, 6.45) is 1.05. The number of hydrogen-bond acceptors (Lipinski definition) is 4. The number of nitrogens with zero attached hydrogens (tertiary/aromatic N) is 1. The molecule has 5 heteroatoms. The van der Waals surface area contributed by atoms with Gasteiger partial charge in [0, 0.05) is 13.2 Å². The topological polar surface area (TPSA) is 64.1 Å². The van der Waals surface area contributed by atoms with Gasteiger partial charge in [-0.3, -0.25) is 4.79 Å². The number of carbonyl (C=O) groups is 1. The predicted octanol–water partition coefficient (Wildman–Crippen LogP) is 0.688. The van der Waals surface area contributed by atoms with Gasteiger partial charge >= 0.3 is 0 Å². The summed E-state index contributed by atoms with van der Waals surface area (Å²) < 4.78 is 22.1. The molecule has 0 spiro atoms. The van der Waals surface area contributed by atoms with Crippen molar-refractivity contribution in [1.29, 1.82) is 0 Å². The predicted molar refractivity (Wildman–Crippen MR) is 47.4 cm³/mol. The van der Waals surface area contributed by atoms with Crippen molar-refractivity contribution in [3.8, 4) is 0 Å². The van der Waals surface area contributed by atoms with Gasteiger partial charge in [-0.1, -0.05) is 6.07 Å². The Hall–Kier alpha value is -1.23. The Morgan fingerprint density at radius 1 is 1.38 bits per heavy atom. The molecule has 1 aromatic heterocycles. The maximum absolute atomic E-state index is 11.0. The monoisotopic (exact) mass is 199 g/mol. The van der Waals surface area contributed by atoms with E-state index in [1.807, 2.05) is 0 Å². The van der Waals surface area contributed by atoms with Crippen molar-refractivity contribution in [1.82, 2.24) is 4.98 Å². The average molecular weight is 199 g/mol. The van der Waals surface area contributed by atoms with Gasteiger partial charge in [-0.15, -0.1) is 0 Å². The van der Waals surface area contributed by atoms with Crippen LogP contribution in [-0.4, -0.2) is 25.4 Å². The molecule has 0 amide bonds. The van der Waals surface area contributed by atoms with E-state index in [0.29, 0.717) is 0 Å². The van der Waals surface area contributed by atoms with Crippen molar-refractivity contribution in [3.63, 3.8) is 0 Å². The van der Waals surface area contributed by atoms with Crippen molar-refractivity contribution in [2.45, 2.75) is 11.9 Å². The van der Waals surface area contributed by atoms with Gasteiger partial charge in [-0.05, 0) is 12.1 Å². The smallest absolute Gasteiger partial charge is 0.192 e. The number of carbonyl (C=O) groups excluding carboxylic acids is 1. The average Bonchev–Trinajstić information content (AvgIpc) is 2.03. The van der Waals surface area contributed by atoms with Crippen LogP contribution < -0.4 is 0 Å². The molecule has 4 nitrogen and oxygen atoms in total. The normalized spacial score (nSPS) is 11.2. The molecule has 0 aliphatic rings. The molecule has 70 valence electrons. The van der Waals surface area contributed by atoms with Crippen LogP contribution in [0.3, 0.4) is 0 Å². The van der Waals surface area contributed by atoms with Gasteiger partial charge < -0.3 is 0 Å². The molecule has 0 unspecified atom stereocenters. The van der Waals surface area contributed by atoms with E-state index < -0.39 is 9.84 Å². The molecule has 0 N–H and O–H groups in total. The van der Waals surface area contributed by atoms with Crippen LogP contribution >= 0.6 is 0 Å². The van der Waals surface area contributed by atoms with E-state index in [-0.39, 0.29) is 16.5 Å². The van der Waals surface area contributed by atoms with E-state index in [4.69, 9.17) is 0 Å². The van der Waals surface area contributed by atoms with Crippen LogP contribution in [0.25, 0.3) is 0 Å². The molecule has 0 aliphatic carbocycles. The first-order valence-corrected chi connectivity index (χ1v) is 5.48. The summed E-state index contributed by atoms with van der Waals surface area (Å²) in [7, 11) is -3.32. The Morgan fingerprint density at radius 3 is 2.46 bits per heavy atom. The number of ketones is 1. The minimum Gasteiger partial charge on any atom is -0.293 e. The third-order valence-electron chi connectivity index (χ3n) is 1.46. The first-order valence-electron chi connectivity index (χ1n) is 3.59. The lowest BCUT2D eigenvalue weighted by Crippen LogP contribution is -2.04. The molecule has 1 heterocycles. The number of rotatable bonds is 2. The highest BCUT2D eigenvalue weighted by atomic mass is 32.2. The summed E-state index contributed by atoms with van der Waals surface area (Å²) in [5.74, 6) is -0.245. The molecule has 0 aliphatic heterocycles. The van der Waals surface area contributed by atoms with Crippen LogP contribution in [0.1, 0.15) is 17.4 Å². The van der Waals surface area contributed by atoms with Gasteiger partial charge in [0.1, 0.15) is 5.69 Å². The van der Waals surface area contributed by atoms with Crippen LogP contribution in [0.2, 0.25) is 0 Å². The molecule has 13 heavy (non-hydrogen) atoms. The van der Waals surface area contributed by atoms with Crippen LogP contribution in [0.4, 0.5) is 0 Å². The van der Waals surface area contributed by atoms with Crippen molar-refractivity contribution in [2.24, 2.45) is 0 Å². The molecule has 0 bridgehead atoms. The Kier molecular flexibility index (Phi) is 2.47. The van der Waals surface area contributed by atoms with Crippen LogP contribution in [0.15, 0.2) is 23.2 Å². The Balaban J connectivity index is 3.29. The highest BCUT2D eigenvalue weighted by Gasteiger charge is 2.10. The highest BCUT2D eigenvalue weighted by Crippen LogP contribution is 2.06. The quantitative estimate of drug-likeness (QED) is 0.657. The summed E-state index contributed by atoms with van der Waals surface area (Å²) in [6.45, 7) is 1.34. The minimum absolute atomic E-state index is 0.0693. The third kappa shape index (κ3) is 2.35. The third-order valence-corrected chi connectivity index (χ3v) is 2.45. The summed E-state index contributed by atoms with van der Waals surface area (Å²) in [5.41, 5.74) is 0.169. The Morgan fingerprint density at radius 2 is 2.00 bits per heavy atom. The van der Waals surface area contributed by atoms with E-state index in [1.54, 1.807) is 0 Å². The van der Waals surface area contributed by atoms with Crippen molar-refractivity contribution in [2.75, 3.05) is 6.26 Å². The van der Waals surface area contributed by atoms with Crippen LogP contribution in [0.5, 0.6) is 0 Å². The van der Waals surface area contributed by atoms with E-state index in [2.05, 4.69) is 4.98 Å². The van der Waals surface area contributed by atoms with Gasteiger partial charge in [0.2, 0.25) is 0 Å². The number of pyridine rings is 1. The molecule has 0 saturated heterocycles. The first kappa shape index (κ1) is 9.85. The Bertz CT molecular complexity index is 436. The summed E-state index contributed by atoms with van der Waals surface area (Å²) >= 11 is 0. The lowest BCUT2D eigenvalue weighted by molar-refractivity contribution is 0.101. The lowest BCUT2D eigenvalue weighted by atomic mass is 10.3. The standard InChI is InChI=1S/C8H9NO3S/c1-6(10)7-4-3-5-8(9-7)13(2,11)12/h3-5H,1-2H3. The van der Waals surface area contributed by atoms with Crippen molar-refractivity contribution < 1.29 is 13.2 Å². The van der Waals surface area contributed by atoms with Gasteiger partial charge in [0.15, 0.2) is 20.6 Å². The maximum Gasteiger partial charge on any atom is 0.192 e. The van der Waals surface area contributed by atoms with Crippen molar-refractivity contribution >= 4 is 15.6 Å². The zero-order valence-electron chi connectivity index (χ0n) is 7.31. The highest BCUT2D eigenvalue weighted by molar-refractivity contribution is 7.90. The second-order valence-corrected chi connectivity index (χ2v) is 4.65. The molecular weight excluding hydrogens is 190 g/mol. The molecule has 0 fully saturated rings. The Labute approximate surface area is 76.5 Å².